The van der Waals surface area contributed by atoms with Crippen molar-refractivity contribution < 1.29 is 9.21 Å². The summed E-state index contributed by atoms with van der Waals surface area (Å²) < 4.78 is 7.65. The molecule has 0 atom stereocenters. The van der Waals surface area contributed by atoms with Crippen molar-refractivity contribution in [2.45, 2.75) is 32.1 Å². The summed E-state index contributed by atoms with van der Waals surface area (Å²) in [5.41, 5.74) is 4.04. The highest BCUT2D eigenvalue weighted by Gasteiger charge is 2.24. The maximum Gasteiger partial charge on any atom is 0.226 e. The van der Waals surface area contributed by atoms with Gasteiger partial charge in [0, 0.05) is 29.0 Å². The van der Waals surface area contributed by atoms with E-state index in [1.807, 2.05) is 47.1 Å². The second kappa shape index (κ2) is 8.40. The number of anilines is 1. The lowest BCUT2D eigenvalue weighted by molar-refractivity contribution is -0.116. The second-order valence-electron chi connectivity index (χ2n) is 7.55. The van der Waals surface area contributed by atoms with Crippen LogP contribution in [0.2, 0.25) is 5.02 Å². The number of fused-ring (bicyclic) bond motifs is 1. The number of carbonyl (C=O) groups excluding carboxylic acids is 1. The highest BCUT2D eigenvalue weighted by molar-refractivity contribution is 6.30. The predicted molar refractivity (Wildman–Crippen MR) is 119 cm³/mol. The third-order valence-electron chi connectivity index (χ3n) is 5.41. The summed E-state index contributed by atoms with van der Waals surface area (Å²) >= 11 is 5.94. The van der Waals surface area contributed by atoms with Crippen LogP contribution in [0.25, 0.3) is 17.0 Å². The van der Waals surface area contributed by atoms with Crippen LogP contribution in [0.3, 0.4) is 0 Å². The van der Waals surface area contributed by atoms with Crippen molar-refractivity contribution in [1.29, 1.82) is 0 Å². The maximum absolute atomic E-state index is 12.7. The van der Waals surface area contributed by atoms with E-state index >= 15 is 0 Å². The fraction of sp³-hybridized carbons (Fsp3) is 0.208. The number of para-hydroxylation sites is 1. The summed E-state index contributed by atoms with van der Waals surface area (Å²) in [5, 5.41) is 8.49. The highest BCUT2D eigenvalue weighted by Crippen LogP contribution is 2.31. The number of aromatic nitrogens is 3. The quantitative estimate of drug-likeness (QED) is 0.452. The van der Waals surface area contributed by atoms with E-state index in [2.05, 4.69) is 10.3 Å². The molecule has 0 spiro atoms. The van der Waals surface area contributed by atoms with Crippen LogP contribution in [0.4, 0.5) is 5.82 Å². The van der Waals surface area contributed by atoms with Gasteiger partial charge in [0.25, 0.3) is 0 Å². The Bertz CT molecular complexity index is 1210. The van der Waals surface area contributed by atoms with Crippen molar-refractivity contribution in [2.75, 3.05) is 5.32 Å². The Morgan fingerprint density at radius 3 is 2.71 bits per heavy atom. The number of aryl methyl sites for hydroxylation is 2. The van der Waals surface area contributed by atoms with Gasteiger partial charge in [-0.2, -0.15) is 5.10 Å². The van der Waals surface area contributed by atoms with Crippen LogP contribution >= 0.6 is 11.6 Å². The number of rotatable bonds is 6. The van der Waals surface area contributed by atoms with E-state index in [1.165, 1.54) is 0 Å². The molecule has 0 radical (unpaired) electrons. The number of hydrogen-bond donors (Lipinski definition) is 1. The van der Waals surface area contributed by atoms with Crippen molar-refractivity contribution in [2.24, 2.45) is 0 Å². The van der Waals surface area contributed by atoms with Crippen molar-refractivity contribution >= 4 is 23.3 Å². The van der Waals surface area contributed by atoms with Gasteiger partial charge in [0.15, 0.2) is 11.7 Å². The minimum atomic E-state index is -0.0852. The monoisotopic (exact) mass is 432 g/mol. The molecule has 0 bridgehead atoms. The number of halogens is 1. The first-order valence-electron chi connectivity index (χ1n) is 10.3. The summed E-state index contributed by atoms with van der Waals surface area (Å²) in [6.45, 7) is 0. The summed E-state index contributed by atoms with van der Waals surface area (Å²) in [5.74, 6) is 1.88. The fourth-order valence-electron chi connectivity index (χ4n) is 3.86. The molecule has 2 aromatic heterocycles. The molecule has 1 amide bonds. The van der Waals surface area contributed by atoms with E-state index in [0.717, 1.165) is 47.6 Å². The van der Waals surface area contributed by atoms with Crippen LogP contribution in [0.5, 0.6) is 0 Å². The molecule has 0 fully saturated rings. The number of oxazole rings is 1. The Kier molecular flexibility index (Phi) is 5.30. The third kappa shape index (κ3) is 4.11. The Labute approximate surface area is 184 Å². The van der Waals surface area contributed by atoms with Crippen molar-refractivity contribution in [3.8, 4) is 17.0 Å². The van der Waals surface area contributed by atoms with E-state index in [0.29, 0.717) is 23.1 Å². The van der Waals surface area contributed by atoms with Crippen LogP contribution in [-0.2, 0) is 24.1 Å². The molecule has 0 aliphatic heterocycles. The Morgan fingerprint density at radius 1 is 1.10 bits per heavy atom. The molecular formula is C24H21ClN4O2. The highest BCUT2D eigenvalue weighted by atomic mass is 35.5. The van der Waals surface area contributed by atoms with Gasteiger partial charge in [-0.25, -0.2) is 9.67 Å². The number of benzene rings is 2. The lowest BCUT2D eigenvalue weighted by Gasteiger charge is -2.10. The zero-order valence-electron chi connectivity index (χ0n) is 16.8. The third-order valence-corrected chi connectivity index (χ3v) is 5.67. The van der Waals surface area contributed by atoms with Gasteiger partial charge >= 0.3 is 0 Å². The summed E-state index contributed by atoms with van der Waals surface area (Å²) in [7, 11) is 0. The Morgan fingerprint density at radius 2 is 1.90 bits per heavy atom. The topological polar surface area (TPSA) is 73.0 Å². The molecule has 2 heterocycles. The molecule has 1 aliphatic carbocycles. The molecular weight excluding hydrogens is 412 g/mol. The maximum atomic E-state index is 12.7. The van der Waals surface area contributed by atoms with Crippen LogP contribution in [0.15, 0.2) is 65.2 Å². The molecule has 0 unspecified atom stereocenters. The summed E-state index contributed by atoms with van der Waals surface area (Å²) in [6, 6.07) is 17.2. The standard InChI is InChI=1S/C24H21ClN4O2/c25-17-11-9-16(10-12-17)21-15-26-23(31-21)14-13-22(30)27-24-19-7-4-8-20(19)28-29(24)18-5-2-1-3-6-18/h1-3,5-6,9-12,15H,4,7-8,13-14H2,(H,27,30). The number of hydrogen-bond acceptors (Lipinski definition) is 4. The fourth-order valence-corrected chi connectivity index (χ4v) is 3.99. The first-order valence-corrected chi connectivity index (χ1v) is 10.7. The van der Waals surface area contributed by atoms with Gasteiger partial charge in [-0.05, 0) is 55.7 Å². The van der Waals surface area contributed by atoms with Gasteiger partial charge in [-0.15, -0.1) is 0 Å². The molecule has 6 nitrogen and oxygen atoms in total. The number of nitrogens with zero attached hydrogens (tertiary/aromatic N) is 3. The van der Waals surface area contributed by atoms with Gasteiger partial charge < -0.3 is 9.73 Å². The average Bonchev–Trinajstić information content (AvgIpc) is 3.51. The van der Waals surface area contributed by atoms with Crippen LogP contribution < -0.4 is 5.32 Å². The minimum Gasteiger partial charge on any atom is -0.441 e. The van der Waals surface area contributed by atoms with E-state index < -0.39 is 0 Å². The molecule has 1 aliphatic rings. The molecule has 1 N–H and O–H groups in total. The normalized spacial score (nSPS) is 12.7. The van der Waals surface area contributed by atoms with Crippen LogP contribution in [-0.4, -0.2) is 20.7 Å². The van der Waals surface area contributed by atoms with E-state index in [1.54, 1.807) is 18.3 Å². The molecule has 7 heteroatoms. The van der Waals surface area contributed by atoms with Gasteiger partial charge in [0.1, 0.15) is 5.82 Å². The zero-order valence-corrected chi connectivity index (χ0v) is 17.6. The van der Waals surface area contributed by atoms with Crippen molar-refractivity contribution in [1.82, 2.24) is 14.8 Å². The molecule has 2 aromatic carbocycles. The first-order chi connectivity index (χ1) is 15.2. The predicted octanol–water partition coefficient (Wildman–Crippen LogP) is 5.24. The molecule has 4 aromatic rings. The van der Waals surface area contributed by atoms with Crippen molar-refractivity contribution in [3.05, 3.63) is 83.0 Å². The zero-order chi connectivity index (χ0) is 21.2. The van der Waals surface area contributed by atoms with Crippen LogP contribution in [0, 0.1) is 0 Å². The lowest BCUT2D eigenvalue weighted by atomic mass is 10.2. The summed E-state index contributed by atoms with van der Waals surface area (Å²) in [4.78, 5) is 17.1. The average molecular weight is 433 g/mol. The van der Waals surface area contributed by atoms with Gasteiger partial charge in [-0.3, -0.25) is 4.79 Å². The smallest absolute Gasteiger partial charge is 0.226 e. The molecule has 0 saturated heterocycles. The first kappa shape index (κ1) is 19.6. The van der Waals surface area contributed by atoms with E-state index in [-0.39, 0.29) is 12.3 Å². The van der Waals surface area contributed by atoms with E-state index in [4.69, 9.17) is 21.1 Å². The number of amides is 1. The summed E-state index contributed by atoms with van der Waals surface area (Å²) in [6.07, 6.45) is 5.31. The van der Waals surface area contributed by atoms with Crippen LogP contribution in [0.1, 0.15) is 30.0 Å². The molecule has 156 valence electrons. The minimum absolute atomic E-state index is 0.0852. The van der Waals surface area contributed by atoms with Gasteiger partial charge in [0.2, 0.25) is 5.91 Å². The molecule has 0 saturated carbocycles. The number of nitrogens with one attached hydrogen (secondary N) is 1. The lowest BCUT2D eigenvalue weighted by Crippen LogP contribution is -2.16. The van der Waals surface area contributed by atoms with Gasteiger partial charge in [-0.1, -0.05) is 29.8 Å². The largest absolute Gasteiger partial charge is 0.441 e. The Hall–Kier alpha value is -3.38. The van der Waals surface area contributed by atoms with Crippen molar-refractivity contribution in [3.63, 3.8) is 0 Å². The SMILES string of the molecule is O=C(CCc1ncc(-c2ccc(Cl)cc2)o1)Nc1c2c(nn1-c1ccccc1)CCC2. The molecule has 31 heavy (non-hydrogen) atoms. The van der Waals surface area contributed by atoms with E-state index in [9.17, 15) is 4.79 Å². The number of carbonyl (C=O) groups is 1. The Balaban J connectivity index is 1.28. The molecule has 5 rings (SSSR count). The van der Waals surface area contributed by atoms with Gasteiger partial charge in [0.05, 0.1) is 17.6 Å². The second-order valence-corrected chi connectivity index (χ2v) is 7.98.